The van der Waals surface area contributed by atoms with Gasteiger partial charge in [-0.3, -0.25) is 9.69 Å². The summed E-state index contributed by atoms with van der Waals surface area (Å²) in [5.74, 6) is 0.181. The number of hydrogen-bond donors (Lipinski definition) is 1. The first-order valence-electron chi connectivity index (χ1n) is 8.54. The average Bonchev–Trinajstić information content (AvgIpc) is 3.32. The average molecular weight is 369 g/mol. The molecule has 0 radical (unpaired) electrons. The van der Waals surface area contributed by atoms with E-state index in [1.165, 1.54) is 12.0 Å². The number of hydrogen-bond acceptors (Lipinski definition) is 6. The molecule has 0 aliphatic carbocycles. The van der Waals surface area contributed by atoms with E-state index >= 15 is 0 Å². The summed E-state index contributed by atoms with van der Waals surface area (Å²) in [6.07, 6.45) is 2.25. The number of nitrogens with zero attached hydrogens (tertiary/aromatic N) is 2. The van der Waals surface area contributed by atoms with E-state index in [4.69, 9.17) is 4.74 Å². The van der Waals surface area contributed by atoms with Crippen LogP contribution < -0.4 is 5.56 Å². The van der Waals surface area contributed by atoms with Gasteiger partial charge in [0.15, 0.2) is 0 Å². The molecule has 1 atom stereocenters. The first kappa shape index (κ1) is 16.9. The molecule has 0 saturated carbocycles. The van der Waals surface area contributed by atoms with Crippen molar-refractivity contribution in [3.8, 4) is 0 Å². The molecule has 26 heavy (non-hydrogen) atoms. The van der Waals surface area contributed by atoms with E-state index in [1.807, 2.05) is 0 Å². The number of carbonyl (C=O) groups is 1. The van der Waals surface area contributed by atoms with Crippen molar-refractivity contribution in [3.63, 3.8) is 0 Å². The Hall–Kier alpha value is -2.51. The number of nitrogens with one attached hydrogen (secondary N) is 1. The van der Waals surface area contributed by atoms with Crippen molar-refractivity contribution in [3.05, 3.63) is 62.3 Å². The standard InChI is InChI=1S/C19H19N3O3S/c1-25-19(24)12-6-7-13-14(10-12)20-17(21-18(13)23)11-22-8-2-4-15(22)16-5-3-9-26-16/h3,5-7,9-10,15H,2,4,8,11H2,1H3,(H,20,21,23)/t15-/m1/s1. The fraction of sp³-hybridized carbons (Fsp3) is 0.316. The van der Waals surface area contributed by atoms with Crippen LogP contribution in [0.3, 0.4) is 0 Å². The molecule has 0 spiro atoms. The van der Waals surface area contributed by atoms with E-state index in [0.29, 0.717) is 34.9 Å². The summed E-state index contributed by atoms with van der Waals surface area (Å²) >= 11 is 1.76. The van der Waals surface area contributed by atoms with Gasteiger partial charge in [-0.2, -0.15) is 0 Å². The zero-order valence-corrected chi connectivity index (χ0v) is 15.2. The molecule has 134 valence electrons. The van der Waals surface area contributed by atoms with Crippen LogP contribution in [0.25, 0.3) is 10.9 Å². The number of esters is 1. The molecule has 1 aliphatic heterocycles. The van der Waals surface area contributed by atoms with E-state index in [-0.39, 0.29) is 5.56 Å². The van der Waals surface area contributed by atoms with Crippen molar-refractivity contribution in [1.82, 2.24) is 14.9 Å². The number of likely N-dealkylation sites (tertiary alicyclic amines) is 1. The van der Waals surface area contributed by atoms with Gasteiger partial charge < -0.3 is 9.72 Å². The van der Waals surface area contributed by atoms with Gasteiger partial charge in [-0.1, -0.05) is 6.07 Å². The summed E-state index contributed by atoms with van der Waals surface area (Å²) in [5, 5.41) is 2.56. The second-order valence-electron chi connectivity index (χ2n) is 6.38. The van der Waals surface area contributed by atoms with Crippen LogP contribution >= 0.6 is 11.3 Å². The molecular formula is C19H19N3O3S. The molecule has 0 bridgehead atoms. The van der Waals surface area contributed by atoms with Crippen molar-refractivity contribution < 1.29 is 9.53 Å². The fourth-order valence-corrected chi connectivity index (χ4v) is 4.41. The number of H-pyrrole nitrogens is 1. The minimum Gasteiger partial charge on any atom is -0.465 e. The summed E-state index contributed by atoms with van der Waals surface area (Å²) in [6.45, 7) is 1.56. The van der Waals surface area contributed by atoms with Gasteiger partial charge in [-0.15, -0.1) is 11.3 Å². The third-order valence-corrected chi connectivity index (χ3v) is 5.74. The monoisotopic (exact) mass is 369 g/mol. The molecule has 1 aromatic carbocycles. The van der Waals surface area contributed by atoms with Crippen LogP contribution in [0.4, 0.5) is 0 Å². The highest BCUT2D eigenvalue weighted by Crippen LogP contribution is 2.35. The highest BCUT2D eigenvalue weighted by atomic mass is 32.1. The van der Waals surface area contributed by atoms with Gasteiger partial charge in [0.05, 0.1) is 30.1 Å². The van der Waals surface area contributed by atoms with Gasteiger partial charge in [-0.05, 0) is 49.0 Å². The highest BCUT2D eigenvalue weighted by molar-refractivity contribution is 7.10. The second-order valence-corrected chi connectivity index (χ2v) is 7.36. The van der Waals surface area contributed by atoms with E-state index in [2.05, 4.69) is 32.4 Å². The van der Waals surface area contributed by atoms with Gasteiger partial charge in [0.25, 0.3) is 5.56 Å². The largest absolute Gasteiger partial charge is 0.465 e. The lowest BCUT2D eigenvalue weighted by molar-refractivity contribution is 0.0601. The quantitative estimate of drug-likeness (QED) is 0.715. The van der Waals surface area contributed by atoms with E-state index in [9.17, 15) is 9.59 Å². The smallest absolute Gasteiger partial charge is 0.337 e. The van der Waals surface area contributed by atoms with Gasteiger partial charge in [0.1, 0.15) is 5.82 Å². The molecule has 0 unspecified atom stereocenters. The van der Waals surface area contributed by atoms with Gasteiger partial charge in [0.2, 0.25) is 0 Å². The Bertz CT molecular complexity index is 997. The maximum atomic E-state index is 12.4. The van der Waals surface area contributed by atoms with Crippen molar-refractivity contribution in [2.75, 3.05) is 13.7 Å². The van der Waals surface area contributed by atoms with Crippen LogP contribution in [-0.2, 0) is 11.3 Å². The normalized spacial score (nSPS) is 17.7. The lowest BCUT2D eigenvalue weighted by atomic mass is 10.1. The zero-order valence-electron chi connectivity index (χ0n) is 14.4. The van der Waals surface area contributed by atoms with Gasteiger partial charge in [-0.25, -0.2) is 9.78 Å². The second kappa shape index (κ2) is 7.01. The first-order valence-corrected chi connectivity index (χ1v) is 9.42. The highest BCUT2D eigenvalue weighted by Gasteiger charge is 2.27. The van der Waals surface area contributed by atoms with Crippen LogP contribution in [0.2, 0.25) is 0 Å². The lowest BCUT2D eigenvalue weighted by Crippen LogP contribution is -2.25. The number of aromatic nitrogens is 2. The Morgan fingerprint density at radius 2 is 2.31 bits per heavy atom. The molecule has 6 nitrogen and oxygen atoms in total. The first-order chi connectivity index (χ1) is 12.7. The Kier molecular flexibility index (Phi) is 4.57. The van der Waals surface area contributed by atoms with E-state index < -0.39 is 5.97 Å². The number of methoxy groups -OCH3 is 1. The third kappa shape index (κ3) is 3.15. The molecule has 1 saturated heterocycles. The number of ether oxygens (including phenoxy) is 1. The summed E-state index contributed by atoms with van der Waals surface area (Å²) in [4.78, 5) is 35.3. The Balaban J connectivity index is 1.66. The van der Waals surface area contributed by atoms with Crippen LogP contribution in [-0.4, -0.2) is 34.5 Å². The number of carbonyl (C=O) groups excluding carboxylic acids is 1. The van der Waals surface area contributed by atoms with Gasteiger partial charge in [0, 0.05) is 10.9 Å². The fourth-order valence-electron chi connectivity index (χ4n) is 3.52. The molecule has 1 N–H and O–H groups in total. The van der Waals surface area contributed by atoms with Crippen molar-refractivity contribution in [2.24, 2.45) is 0 Å². The van der Waals surface area contributed by atoms with Crippen LogP contribution in [0.1, 0.15) is 39.9 Å². The maximum Gasteiger partial charge on any atom is 0.337 e. The number of benzene rings is 1. The molecule has 2 aromatic heterocycles. The number of thiophene rings is 1. The van der Waals surface area contributed by atoms with Crippen molar-refractivity contribution in [1.29, 1.82) is 0 Å². The zero-order chi connectivity index (χ0) is 18.1. The summed E-state index contributed by atoms with van der Waals surface area (Å²) in [7, 11) is 1.33. The predicted molar refractivity (Wildman–Crippen MR) is 100 cm³/mol. The topological polar surface area (TPSA) is 75.3 Å². The SMILES string of the molecule is COC(=O)c1ccc2c(=O)[nH]c(CN3CCC[C@@H]3c3cccs3)nc2c1. The summed E-state index contributed by atoms with van der Waals surface area (Å²) in [5.41, 5.74) is 0.716. The summed E-state index contributed by atoms with van der Waals surface area (Å²) in [6, 6.07) is 9.41. The molecule has 3 heterocycles. The molecular weight excluding hydrogens is 350 g/mol. The Morgan fingerprint density at radius 3 is 3.08 bits per heavy atom. The molecule has 4 rings (SSSR count). The van der Waals surface area contributed by atoms with E-state index in [1.54, 1.807) is 29.5 Å². The predicted octanol–water partition coefficient (Wildman–Crippen LogP) is 3.11. The number of rotatable bonds is 4. The molecule has 1 fully saturated rings. The minimum absolute atomic E-state index is 0.187. The molecule has 0 amide bonds. The maximum absolute atomic E-state index is 12.4. The Morgan fingerprint density at radius 1 is 1.42 bits per heavy atom. The molecule has 3 aromatic rings. The van der Waals surface area contributed by atoms with Crippen LogP contribution in [0.15, 0.2) is 40.5 Å². The third-order valence-electron chi connectivity index (χ3n) is 4.76. The summed E-state index contributed by atoms with van der Waals surface area (Å²) < 4.78 is 4.75. The minimum atomic E-state index is -0.437. The Labute approximate surface area is 154 Å². The number of fused-ring (bicyclic) bond motifs is 1. The van der Waals surface area contributed by atoms with Crippen LogP contribution in [0, 0.1) is 0 Å². The van der Waals surface area contributed by atoms with Gasteiger partial charge >= 0.3 is 5.97 Å². The van der Waals surface area contributed by atoms with E-state index in [0.717, 1.165) is 19.4 Å². The lowest BCUT2D eigenvalue weighted by Gasteiger charge is -2.23. The van der Waals surface area contributed by atoms with Crippen LogP contribution in [0.5, 0.6) is 0 Å². The van der Waals surface area contributed by atoms with Crippen molar-refractivity contribution >= 4 is 28.2 Å². The molecule has 1 aliphatic rings. The van der Waals surface area contributed by atoms with Crippen molar-refractivity contribution in [2.45, 2.75) is 25.4 Å². The molecule has 7 heteroatoms. The number of aromatic amines is 1.